The second kappa shape index (κ2) is 6.07. The first kappa shape index (κ1) is 14.8. The van der Waals surface area contributed by atoms with E-state index in [4.69, 9.17) is 14.2 Å². The molecule has 0 radical (unpaired) electrons. The summed E-state index contributed by atoms with van der Waals surface area (Å²) in [7, 11) is 4.81. The molecule has 18 heavy (non-hydrogen) atoms. The highest BCUT2D eigenvalue weighted by Crippen LogP contribution is 2.34. The van der Waals surface area contributed by atoms with Gasteiger partial charge in [-0.25, -0.2) is 0 Å². The van der Waals surface area contributed by atoms with Crippen LogP contribution in [0.1, 0.15) is 31.9 Å². The molecule has 0 bridgehead atoms. The second-order valence-electron chi connectivity index (χ2n) is 4.79. The van der Waals surface area contributed by atoms with Gasteiger partial charge in [-0.1, -0.05) is 0 Å². The Morgan fingerprint density at radius 2 is 1.83 bits per heavy atom. The lowest BCUT2D eigenvalue weighted by atomic mass is 9.95. The molecule has 1 N–H and O–H groups in total. The molecule has 4 nitrogen and oxygen atoms in total. The molecule has 0 saturated heterocycles. The van der Waals surface area contributed by atoms with Crippen LogP contribution >= 0.6 is 0 Å². The third kappa shape index (κ3) is 3.62. The van der Waals surface area contributed by atoms with Crippen molar-refractivity contribution in [2.24, 2.45) is 0 Å². The molecule has 0 fully saturated rings. The second-order valence-corrected chi connectivity index (χ2v) is 4.79. The van der Waals surface area contributed by atoms with Crippen LogP contribution in [0.2, 0.25) is 0 Å². The van der Waals surface area contributed by atoms with Gasteiger partial charge in [0.15, 0.2) is 0 Å². The molecule has 1 unspecified atom stereocenters. The first-order valence-electron chi connectivity index (χ1n) is 5.88. The number of ether oxygens (including phenoxy) is 3. The van der Waals surface area contributed by atoms with E-state index in [0.717, 1.165) is 0 Å². The molecule has 1 aromatic rings. The van der Waals surface area contributed by atoms with Gasteiger partial charge in [-0.2, -0.15) is 0 Å². The van der Waals surface area contributed by atoms with E-state index >= 15 is 0 Å². The molecule has 0 heterocycles. The fourth-order valence-corrected chi connectivity index (χ4v) is 1.76. The van der Waals surface area contributed by atoms with Crippen molar-refractivity contribution in [3.05, 3.63) is 23.8 Å². The molecule has 0 aromatic heterocycles. The highest BCUT2D eigenvalue weighted by Gasteiger charge is 2.24. The first-order chi connectivity index (χ1) is 8.43. The van der Waals surface area contributed by atoms with Crippen LogP contribution in [0.4, 0.5) is 0 Å². The van der Waals surface area contributed by atoms with E-state index in [1.54, 1.807) is 39.5 Å². The van der Waals surface area contributed by atoms with Gasteiger partial charge in [-0.3, -0.25) is 0 Å². The summed E-state index contributed by atoms with van der Waals surface area (Å²) in [4.78, 5) is 0. The number of hydrogen-bond donors (Lipinski definition) is 1. The van der Waals surface area contributed by atoms with Gasteiger partial charge in [0.1, 0.15) is 11.5 Å². The van der Waals surface area contributed by atoms with Crippen LogP contribution in [-0.4, -0.2) is 32.0 Å². The minimum atomic E-state index is -0.662. The summed E-state index contributed by atoms with van der Waals surface area (Å²) in [5, 5.41) is 10.3. The van der Waals surface area contributed by atoms with Crippen molar-refractivity contribution in [3.8, 4) is 11.5 Å². The number of aliphatic hydroxyl groups excluding tert-OH is 1. The minimum Gasteiger partial charge on any atom is -0.497 e. The van der Waals surface area contributed by atoms with Crippen LogP contribution in [0.15, 0.2) is 18.2 Å². The van der Waals surface area contributed by atoms with Gasteiger partial charge < -0.3 is 19.3 Å². The van der Waals surface area contributed by atoms with Crippen LogP contribution in [0, 0.1) is 0 Å². The van der Waals surface area contributed by atoms with Crippen LogP contribution in [0.3, 0.4) is 0 Å². The van der Waals surface area contributed by atoms with Crippen LogP contribution < -0.4 is 9.47 Å². The van der Waals surface area contributed by atoms with Gasteiger partial charge >= 0.3 is 0 Å². The van der Waals surface area contributed by atoms with E-state index in [1.165, 1.54) is 0 Å². The first-order valence-corrected chi connectivity index (χ1v) is 5.88. The highest BCUT2D eigenvalue weighted by atomic mass is 16.5. The summed E-state index contributed by atoms with van der Waals surface area (Å²) in [6.45, 7) is 3.87. The van der Waals surface area contributed by atoms with E-state index in [0.29, 0.717) is 23.5 Å². The zero-order chi connectivity index (χ0) is 13.8. The van der Waals surface area contributed by atoms with Crippen molar-refractivity contribution < 1.29 is 19.3 Å². The number of rotatable bonds is 6. The van der Waals surface area contributed by atoms with Crippen LogP contribution in [0.5, 0.6) is 11.5 Å². The Morgan fingerprint density at radius 1 is 1.17 bits per heavy atom. The summed E-state index contributed by atoms with van der Waals surface area (Å²) >= 11 is 0. The van der Waals surface area contributed by atoms with Crippen molar-refractivity contribution in [1.29, 1.82) is 0 Å². The molecule has 0 aliphatic carbocycles. The quantitative estimate of drug-likeness (QED) is 0.847. The molecule has 1 aromatic carbocycles. The van der Waals surface area contributed by atoms with Gasteiger partial charge in [0.05, 0.1) is 25.9 Å². The normalized spacial score (nSPS) is 13.2. The zero-order valence-corrected chi connectivity index (χ0v) is 11.7. The molecule has 4 heteroatoms. The molecule has 1 atom stereocenters. The average molecular weight is 254 g/mol. The SMILES string of the molecule is COc1ccc(OC)c(C(O)CC(C)(C)OC)c1. The standard InChI is InChI=1S/C14H22O4/c1-14(2,18-5)9-12(15)11-8-10(16-3)6-7-13(11)17-4/h6-8,12,15H,9H2,1-5H3. The molecule has 0 amide bonds. The van der Waals surface area contributed by atoms with Gasteiger partial charge in [0.2, 0.25) is 0 Å². The van der Waals surface area contributed by atoms with Gasteiger partial charge in [0, 0.05) is 19.1 Å². The largest absolute Gasteiger partial charge is 0.497 e. The van der Waals surface area contributed by atoms with E-state index in [1.807, 2.05) is 13.8 Å². The smallest absolute Gasteiger partial charge is 0.124 e. The fraction of sp³-hybridized carbons (Fsp3) is 0.571. The molecule has 1 rings (SSSR count). The maximum atomic E-state index is 10.3. The summed E-state index contributed by atoms with van der Waals surface area (Å²) in [6, 6.07) is 5.38. The van der Waals surface area contributed by atoms with Crippen LogP contribution in [0.25, 0.3) is 0 Å². The Balaban J connectivity index is 2.99. The van der Waals surface area contributed by atoms with Gasteiger partial charge in [-0.15, -0.1) is 0 Å². The molecule has 0 aliphatic heterocycles. The fourth-order valence-electron chi connectivity index (χ4n) is 1.76. The van der Waals surface area contributed by atoms with E-state index < -0.39 is 11.7 Å². The Bertz CT molecular complexity index is 387. The number of hydrogen-bond acceptors (Lipinski definition) is 4. The third-order valence-electron chi connectivity index (χ3n) is 3.03. The van der Waals surface area contributed by atoms with Crippen molar-refractivity contribution in [2.75, 3.05) is 21.3 Å². The topological polar surface area (TPSA) is 47.9 Å². The predicted octanol–water partition coefficient (Wildman–Crippen LogP) is 2.55. The van der Waals surface area contributed by atoms with Crippen molar-refractivity contribution in [3.63, 3.8) is 0 Å². The predicted molar refractivity (Wildman–Crippen MR) is 70.2 cm³/mol. The summed E-state index contributed by atoms with van der Waals surface area (Å²) in [5.41, 5.74) is 0.315. The highest BCUT2D eigenvalue weighted by molar-refractivity contribution is 5.41. The Hall–Kier alpha value is -1.26. The van der Waals surface area contributed by atoms with Crippen molar-refractivity contribution in [1.82, 2.24) is 0 Å². The maximum absolute atomic E-state index is 10.3. The van der Waals surface area contributed by atoms with Gasteiger partial charge in [0.25, 0.3) is 0 Å². The monoisotopic (exact) mass is 254 g/mol. The Morgan fingerprint density at radius 3 is 2.33 bits per heavy atom. The molecule has 0 spiro atoms. The van der Waals surface area contributed by atoms with Gasteiger partial charge in [-0.05, 0) is 32.0 Å². The Kier molecular flexibility index (Phi) is 4.99. The van der Waals surface area contributed by atoms with E-state index in [2.05, 4.69) is 0 Å². The van der Waals surface area contributed by atoms with E-state index in [9.17, 15) is 5.11 Å². The summed E-state index contributed by atoms with van der Waals surface area (Å²) in [6.07, 6.45) is -0.183. The van der Waals surface area contributed by atoms with Crippen molar-refractivity contribution >= 4 is 0 Å². The van der Waals surface area contributed by atoms with E-state index in [-0.39, 0.29) is 0 Å². The molecular formula is C14H22O4. The lowest BCUT2D eigenvalue weighted by Crippen LogP contribution is -2.25. The van der Waals surface area contributed by atoms with Crippen LogP contribution in [-0.2, 0) is 4.74 Å². The molecule has 0 saturated carbocycles. The molecule has 102 valence electrons. The Labute approximate surface area is 108 Å². The average Bonchev–Trinajstić information content (AvgIpc) is 2.37. The third-order valence-corrected chi connectivity index (χ3v) is 3.03. The molecule has 0 aliphatic rings. The van der Waals surface area contributed by atoms with Crippen molar-refractivity contribution in [2.45, 2.75) is 32.0 Å². The summed E-state index contributed by atoms with van der Waals surface area (Å²) in [5.74, 6) is 1.34. The lowest BCUT2D eigenvalue weighted by Gasteiger charge is -2.26. The number of benzene rings is 1. The number of aliphatic hydroxyl groups is 1. The molecular weight excluding hydrogens is 232 g/mol. The lowest BCUT2D eigenvalue weighted by molar-refractivity contribution is -0.0205. The maximum Gasteiger partial charge on any atom is 0.124 e. The zero-order valence-electron chi connectivity index (χ0n) is 11.7. The number of methoxy groups -OCH3 is 3. The minimum absolute atomic E-state index is 0.395. The summed E-state index contributed by atoms with van der Waals surface area (Å²) < 4.78 is 15.7.